The van der Waals surface area contributed by atoms with Crippen LogP contribution in [0.1, 0.15) is 11.1 Å². The molecular formula is C16H19N2O3P. The average molecular weight is 318 g/mol. The molecule has 2 rings (SSSR count). The quantitative estimate of drug-likeness (QED) is 0.586. The topological polar surface area (TPSA) is 60.2 Å². The lowest BCUT2D eigenvalue weighted by molar-refractivity contribution is 0.287. The molecule has 0 N–H and O–H groups in total. The zero-order chi connectivity index (χ0) is 16.2. The Balaban J connectivity index is 2.46. The molecule has 0 aliphatic carbocycles. The number of benzene rings is 2. The summed E-state index contributed by atoms with van der Waals surface area (Å²) < 4.78 is 22.7. The molecule has 0 amide bonds. The molecule has 0 fully saturated rings. The minimum Gasteiger partial charge on any atom is -0.309 e. The molecule has 2 aromatic rings. The predicted octanol–water partition coefficient (Wildman–Crippen LogP) is 4.83. The number of nitrogens with zero attached hydrogens (tertiary/aromatic N) is 2. The monoisotopic (exact) mass is 318 g/mol. The summed E-state index contributed by atoms with van der Waals surface area (Å²) in [5.41, 5.74) is 3.30. The molecule has 22 heavy (non-hydrogen) atoms. The van der Waals surface area contributed by atoms with Gasteiger partial charge < -0.3 is 9.05 Å². The van der Waals surface area contributed by atoms with Crippen LogP contribution in [0.2, 0.25) is 0 Å². The molecule has 2 aromatic carbocycles. The van der Waals surface area contributed by atoms with Crippen LogP contribution >= 0.6 is 7.60 Å². The fourth-order valence-corrected chi connectivity index (χ4v) is 3.21. The number of hydrogen-bond donors (Lipinski definition) is 0. The van der Waals surface area contributed by atoms with E-state index in [0.717, 1.165) is 16.8 Å². The molecule has 0 radical (unpaired) electrons. The van der Waals surface area contributed by atoms with Crippen molar-refractivity contribution in [3.05, 3.63) is 53.6 Å². The second kappa shape index (κ2) is 6.97. The van der Waals surface area contributed by atoms with Gasteiger partial charge in [-0.3, -0.25) is 4.57 Å². The van der Waals surface area contributed by atoms with E-state index in [9.17, 15) is 4.57 Å². The van der Waals surface area contributed by atoms with Crippen LogP contribution in [0, 0.1) is 13.8 Å². The SMILES string of the molecule is COP(=O)(OC)c1ccc(C)cc1N=Nc1cccc(C)c1. The molecule has 5 nitrogen and oxygen atoms in total. The van der Waals surface area contributed by atoms with Gasteiger partial charge in [-0.25, -0.2) is 0 Å². The van der Waals surface area contributed by atoms with Crippen LogP contribution in [0.4, 0.5) is 11.4 Å². The number of rotatable bonds is 5. The third-order valence-electron chi connectivity index (χ3n) is 3.18. The van der Waals surface area contributed by atoms with Gasteiger partial charge in [0.1, 0.15) is 5.69 Å². The molecule has 0 unspecified atom stereocenters. The highest BCUT2D eigenvalue weighted by Crippen LogP contribution is 2.47. The predicted molar refractivity (Wildman–Crippen MR) is 87.8 cm³/mol. The lowest BCUT2D eigenvalue weighted by Gasteiger charge is -2.15. The molecule has 0 atom stereocenters. The van der Waals surface area contributed by atoms with Gasteiger partial charge in [0.25, 0.3) is 0 Å². The molecular weight excluding hydrogens is 299 g/mol. The number of azo groups is 1. The molecule has 0 bridgehead atoms. The summed E-state index contributed by atoms with van der Waals surface area (Å²) in [6.45, 7) is 3.92. The van der Waals surface area contributed by atoms with Crippen molar-refractivity contribution >= 4 is 24.3 Å². The Morgan fingerprint density at radius 1 is 0.909 bits per heavy atom. The van der Waals surface area contributed by atoms with Crippen molar-refractivity contribution in [2.24, 2.45) is 10.2 Å². The van der Waals surface area contributed by atoms with Crippen molar-refractivity contribution in [3.63, 3.8) is 0 Å². The van der Waals surface area contributed by atoms with Gasteiger partial charge in [0.2, 0.25) is 0 Å². The van der Waals surface area contributed by atoms with Crippen LogP contribution in [-0.2, 0) is 13.6 Å². The van der Waals surface area contributed by atoms with Crippen LogP contribution in [-0.4, -0.2) is 14.2 Å². The average Bonchev–Trinajstić information content (AvgIpc) is 2.52. The Labute approximate surface area is 130 Å². The van der Waals surface area contributed by atoms with Gasteiger partial charge >= 0.3 is 7.60 Å². The second-order valence-corrected chi connectivity index (χ2v) is 7.10. The number of hydrogen-bond acceptors (Lipinski definition) is 5. The highest BCUT2D eigenvalue weighted by Gasteiger charge is 2.27. The van der Waals surface area contributed by atoms with Crippen LogP contribution < -0.4 is 5.30 Å². The van der Waals surface area contributed by atoms with Gasteiger partial charge in [-0.2, -0.15) is 5.11 Å². The third-order valence-corrected chi connectivity index (χ3v) is 5.11. The van der Waals surface area contributed by atoms with E-state index in [1.165, 1.54) is 14.2 Å². The van der Waals surface area contributed by atoms with Crippen LogP contribution in [0.15, 0.2) is 52.7 Å². The zero-order valence-electron chi connectivity index (χ0n) is 13.1. The first-order valence-corrected chi connectivity index (χ1v) is 8.34. The lowest BCUT2D eigenvalue weighted by Crippen LogP contribution is -2.08. The van der Waals surface area contributed by atoms with Crippen molar-refractivity contribution in [1.29, 1.82) is 0 Å². The van der Waals surface area contributed by atoms with E-state index >= 15 is 0 Å². The summed E-state index contributed by atoms with van der Waals surface area (Å²) in [5.74, 6) is 0. The van der Waals surface area contributed by atoms with Gasteiger partial charge in [0.05, 0.1) is 11.0 Å². The Morgan fingerprint density at radius 2 is 1.59 bits per heavy atom. The molecule has 116 valence electrons. The highest BCUT2D eigenvalue weighted by molar-refractivity contribution is 7.62. The molecule has 0 aliphatic heterocycles. The van der Waals surface area contributed by atoms with Gasteiger partial charge in [-0.1, -0.05) is 18.2 Å². The van der Waals surface area contributed by atoms with Gasteiger partial charge in [0.15, 0.2) is 0 Å². The van der Waals surface area contributed by atoms with Crippen molar-refractivity contribution in [3.8, 4) is 0 Å². The fourth-order valence-electron chi connectivity index (χ4n) is 2.02. The molecule has 0 aromatic heterocycles. The first kappa shape index (κ1) is 16.6. The molecule has 0 saturated heterocycles. The maximum Gasteiger partial charge on any atom is 0.363 e. The summed E-state index contributed by atoms with van der Waals surface area (Å²) in [4.78, 5) is 0. The summed E-state index contributed by atoms with van der Waals surface area (Å²) in [5, 5.41) is 8.85. The summed E-state index contributed by atoms with van der Waals surface area (Å²) in [6, 6.07) is 13.0. The minimum absolute atomic E-state index is 0.402. The summed E-state index contributed by atoms with van der Waals surface area (Å²) in [6.07, 6.45) is 0. The molecule has 0 spiro atoms. The zero-order valence-corrected chi connectivity index (χ0v) is 14.0. The molecule has 0 saturated carbocycles. The maximum atomic E-state index is 12.6. The highest BCUT2D eigenvalue weighted by atomic mass is 31.2. The molecule has 0 heterocycles. The van der Waals surface area contributed by atoms with E-state index in [2.05, 4.69) is 10.2 Å². The van der Waals surface area contributed by atoms with Gasteiger partial charge in [-0.05, 0) is 49.2 Å². The smallest absolute Gasteiger partial charge is 0.309 e. The standard InChI is InChI=1S/C16H19N2O3P/c1-12-6-5-7-14(10-12)17-18-15-11-13(2)8-9-16(15)22(19,20-3)21-4/h5-11H,1-4H3. The normalized spacial score (nSPS) is 12.0. The third kappa shape index (κ3) is 3.69. The molecule has 0 aliphatic rings. The lowest BCUT2D eigenvalue weighted by atomic mass is 10.2. The van der Waals surface area contributed by atoms with Crippen molar-refractivity contribution in [2.45, 2.75) is 13.8 Å². The van der Waals surface area contributed by atoms with E-state index < -0.39 is 7.60 Å². The van der Waals surface area contributed by atoms with Crippen molar-refractivity contribution in [1.82, 2.24) is 0 Å². The Kier molecular flexibility index (Phi) is 5.24. The Bertz CT molecular complexity index is 736. The van der Waals surface area contributed by atoms with Gasteiger partial charge in [-0.15, -0.1) is 5.11 Å². The fraction of sp³-hybridized carbons (Fsp3) is 0.250. The van der Waals surface area contributed by atoms with Gasteiger partial charge in [0, 0.05) is 14.2 Å². The van der Waals surface area contributed by atoms with Crippen molar-refractivity contribution < 1.29 is 13.6 Å². The first-order chi connectivity index (χ1) is 10.5. The van der Waals surface area contributed by atoms with Crippen LogP contribution in [0.5, 0.6) is 0 Å². The Hall–Kier alpha value is -1.81. The summed E-state index contributed by atoms with van der Waals surface area (Å²) in [7, 11) is -0.670. The van der Waals surface area contributed by atoms with E-state index in [1.807, 2.05) is 44.2 Å². The van der Waals surface area contributed by atoms with E-state index in [0.29, 0.717) is 11.0 Å². The number of aryl methyl sites for hydroxylation is 2. The summed E-state index contributed by atoms with van der Waals surface area (Å²) >= 11 is 0. The minimum atomic E-state index is -3.38. The maximum absolute atomic E-state index is 12.6. The van der Waals surface area contributed by atoms with E-state index in [4.69, 9.17) is 9.05 Å². The van der Waals surface area contributed by atoms with Crippen LogP contribution in [0.3, 0.4) is 0 Å². The molecule has 6 heteroatoms. The largest absolute Gasteiger partial charge is 0.363 e. The van der Waals surface area contributed by atoms with Crippen molar-refractivity contribution in [2.75, 3.05) is 14.2 Å². The second-order valence-electron chi connectivity index (χ2n) is 4.89. The Morgan fingerprint density at radius 3 is 2.23 bits per heavy atom. The first-order valence-electron chi connectivity index (χ1n) is 6.79. The van der Waals surface area contributed by atoms with E-state index in [-0.39, 0.29) is 0 Å². The van der Waals surface area contributed by atoms with E-state index in [1.54, 1.807) is 12.1 Å². The van der Waals surface area contributed by atoms with Crippen LogP contribution in [0.25, 0.3) is 0 Å².